The number of hydrogen-bond acceptors (Lipinski definition) is 4. The highest BCUT2D eigenvalue weighted by Gasteiger charge is 2.17. The van der Waals surface area contributed by atoms with Crippen molar-refractivity contribution >= 4 is 35.0 Å². The average Bonchev–Trinajstić information content (AvgIpc) is 2.30. The lowest BCUT2D eigenvalue weighted by atomic mass is 10.1. The highest BCUT2D eigenvalue weighted by molar-refractivity contribution is 6.34. The lowest BCUT2D eigenvalue weighted by Gasteiger charge is -2.12. The normalized spacial score (nSPS) is 11.7. The van der Waals surface area contributed by atoms with Crippen LogP contribution < -0.4 is 22.5 Å². The van der Waals surface area contributed by atoms with Crippen LogP contribution in [0, 0.1) is 0 Å². The van der Waals surface area contributed by atoms with Gasteiger partial charge in [-0.3, -0.25) is 14.4 Å². The molecule has 102 valence electrons. The van der Waals surface area contributed by atoms with E-state index in [2.05, 4.69) is 5.32 Å². The maximum atomic E-state index is 11.7. The monoisotopic (exact) mass is 284 g/mol. The van der Waals surface area contributed by atoms with E-state index < -0.39 is 23.8 Å². The third kappa shape index (κ3) is 4.23. The molecule has 1 atom stereocenters. The van der Waals surface area contributed by atoms with Crippen molar-refractivity contribution in [1.29, 1.82) is 0 Å². The van der Waals surface area contributed by atoms with E-state index in [1.165, 1.54) is 18.2 Å². The van der Waals surface area contributed by atoms with Gasteiger partial charge in [-0.15, -0.1) is 0 Å². The molecule has 7 nitrogen and oxygen atoms in total. The van der Waals surface area contributed by atoms with Crippen LogP contribution in [0.1, 0.15) is 16.8 Å². The van der Waals surface area contributed by atoms with Crippen molar-refractivity contribution in [2.24, 2.45) is 17.2 Å². The van der Waals surface area contributed by atoms with Crippen molar-refractivity contribution in [2.45, 2.75) is 12.5 Å². The van der Waals surface area contributed by atoms with E-state index in [4.69, 9.17) is 28.8 Å². The molecule has 1 aromatic carbocycles. The molecule has 1 unspecified atom stereocenters. The predicted molar refractivity (Wildman–Crippen MR) is 70.4 cm³/mol. The molecule has 0 heterocycles. The summed E-state index contributed by atoms with van der Waals surface area (Å²) in [5.74, 6) is -1.99. The average molecular weight is 285 g/mol. The summed E-state index contributed by atoms with van der Waals surface area (Å²) in [4.78, 5) is 33.3. The molecule has 0 aromatic heterocycles. The number of carbonyl (C=O) groups is 3. The zero-order valence-corrected chi connectivity index (χ0v) is 10.6. The molecule has 0 aliphatic carbocycles. The van der Waals surface area contributed by atoms with Crippen LogP contribution >= 0.6 is 11.6 Å². The van der Waals surface area contributed by atoms with E-state index in [1.807, 2.05) is 0 Å². The molecule has 0 radical (unpaired) electrons. The predicted octanol–water partition coefficient (Wildman–Crippen LogP) is -0.420. The number of benzene rings is 1. The zero-order chi connectivity index (χ0) is 14.6. The van der Waals surface area contributed by atoms with Gasteiger partial charge in [-0.1, -0.05) is 11.6 Å². The van der Waals surface area contributed by atoms with E-state index in [0.29, 0.717) is 0 Å². The van der Waals surface area contributed by atoms with E-state index in [-0.39, 0.29) is 22.7 Å². The molecule has 0 aliphatic heterocycles. The number of anilines is 1. The fourth-order valence-electron chi connectivity index (χ4n) is 1.31. The molecular formula is C11H13ClN4O3. The number of rotatable bonds is 5. The fourth-order valence-corrected chi connectivity index (χ4v) is 1.47. The quantitative estimate of drug-likeness (QED) is 0.582. The summed E-state index contributed by atoms with van der Waals surface area (Å²) in [6.07, 6.45) is -0.293. The molecule has 0 saturated carbocycles. The van der Waals surface area contributed by atoms with Crippen molar-refractivity contribution < 1.29 is 14.4 Å². The Morgan fingerprint density at radius 3 is 2.42 bits per heavy atom. The highest BCUT2D eigenvalue weighted by Crippen LogP contribution is 2.23. The molecule has 19 heavy (non-hydrogen) atoms. The molecule has 1 aromatic rings. The molecule has 8 heteroatoms. The first kappa shape index (κ1) is 14.9. The van der Waals surface area contributed by atoms with Crippen LogP contribution in [-0.4, -0.2) is 23.8 Å². The summed E-state index contributed by atoms with van der Waals surface area (Å²) < 4.78 is 0. The molecule has 3 amide bonds. The maximum Gasteiger partial charge on any atom is 0.248 e. The van der Waals surface area contributed by atoms with Crippen LogP contribution in [0.2, 0.25) is 5.02 Å². The minimum atomic E-state index is -1.09. The second-order valence-corrected chi connectivity index (χ2v) is 4.23. The van der Waals surface area contributed by atoms with Crippen LogP contribution in [0.4, 0.5) is 5.69 Å². The Bertz CT molecular complexity index is 533. The van der Waals surface area contributed by atoms with Crippen LogP contribution in [0.5, 0.6) is 0 Å². The molecule has 0 spiro atoms. The van der Waals surface area contributed by atoms with Gasteiger partial charge >= 0.3 is 0 Å². The third-order valence-corrected chi connectivity index (χ3v) is 2.60. The Kier molecular flexibility index (Phi) is 4.85. The maximum absolute atomic E-state index is 11.7. The fraction of sp³-hybridized carbons (Fsp3) is 0.182. The smallest absolute Gasteiger partial charge is 0.248 e. The van der Waals surface area contributed by atoms with Crippen LogP contribution in [0.3, 0.4) is 0 Å². The summed E-state index contributed by atoms with van der Waals surface area (Å²) in [7, 11) is 0. The Hall–Kier alpha value is -2.12. The van der Waals surface area contributed by atoms with Gasteiger partial charge < -0.3 is 22.5 Å². The minimum Gasteiger partial charge on any atom is -0.370 e. The number of primary amides is 2. The van der Waals surface area contributed by atoms with Gasteiger partial charge in [0.2, 0.25) is 17.7 Å². The summed E-state index contributed by atoms with van der Waals surface area (Å²) >= 11 is 5.86. The molecular weight excluding hydrogens is 272 g/mol. The standard InChI is InChI=1S/C11H13ClN4O3/c12-6-2-1-5(10(15)18)3-8(6)16-11(19)7(13)4-9(14)17/h1-3,7H,4,13H2,(H2,14,17)(H2,15,18)(H,16,19). The van der Waals surface area contributed by atoms with Gasteiger partial charge in [0, 0.05) is 5.56 Å². The Morgan fingerprint density at radius 2 is 1.89 bits per heavy atom. The first-order valence-corrected chi connectivity index (χ1v) is 5.63. The second kappa shape index (κ2) is 6.17. The summed E-state index contributed by atoms with van der Waals surface area (Å²) in [6.45, 7) is 0. The Balaban J connectivity index is 2.86. The molecule has 0 bridgehead atoms. The van der Waals surface area contributed by atoms with Crippen LogP contribution in [0.25, 0.3) is 0 Å². The third-order valence-electron chi connectivity index (χ3n) is 2.27. The lowest BCUT2D eigenvalue weighted by molar-refractivity contribution is -0.123. The highest BCUT2D eigenvalue weighted by atomic mass is 35.5. The van der Waals surface area contributed by atoms with Gasteiger partial charge in [0.05, 0.1) is 23.2 Å². The minimum absolute atomic E-state index is 0.183. The van der Waals surface area contributed by atoms with Gasteiger partial charge in [0.15, 0.2) is 0 Å². The molecule has 7 N–H and O–H groups in total. The van der Waals surface area contributed by atoms with Crippen LogP contribution in [-0.2, 0) is 9.59 Å². The van der Waals surface area contributed by atoms with Crippen molar-refractivity contribution in [3.8, 4) is 0 Å². The van der Waals surface area contributed by atoms with E-state index in [9.17, 15) is 14.4 Å². The van der Waals surface area contributed by atoms with Crippen molar-refractivity contribution in [1.82, 2.24) is 0 Å². The van der Waals surface area contributed by atoms with E-state index in [1.54, 1.807) is 0 Å². The largest absolute Gasteiger partial charge is 0.370 e. The first-order chi connectivity index (χ1) is 8.81. The summed E-state index contributed by atoms with van der Waals surface area (Å²) in [5.41, 5.74) is 15.9. The lowest BCUT2D eigenvalue weighted by Crippen LogP contribution is -2.39. The van der Waals surface area contributed by atoms with Gasteiger partial charge in [0.25, 0.3) is 0 Å². The van der Waals surface area contributed by atoms with E-state index in [0.717, 1.165) is 0 Å². The van der Waals surface area contributed by atoms with Gasteiger partial charge in [-0.2, -0.15) is 0 Å². The number of carbonyl (C=O) groups excluding carboxylic acids is 3. The Labute approximate surface area is 114 Å². The van der Waals surface area contributed by atoms with Crippen molar-refractivity contribution in [3.05, 3.63) is 28.8 Å². The summed E-state index contributed by atoms with van der Waals surface area (Å²) in [6, 6.07) is 3.06. The first-order valence-electron chi connectivity index (χ1n) is 5.25. The molecule has 0 saturated heterocycles. The molecule has 0 fully saturated rings. The number of nitrogens with two attached hydrogens (primary N) is 3. The van der Waals surface area contributed by atoms with Crippen molar-refractivity contribution in [2.75, 3.05) is 5.32 Å². The SMILES string of the molecule is NC(=O)CC(N)C(=O)Nc1cc(C(N)=O)ccc1Cl. The number of amides is 3. The van der Waals surface area contributed by atoms with Crippen molar-refractivity contribution in [3.63, 3.8) is 0 Å². The Morgan fingerprint density at radius 1 is 1.26 bits per heavy atom. The second-order valence-electron chi connectivity index (χ2n) is 3.83. The van der Waals surface area contributed by atoms with Gasteiger partial charge in [-0.05, 0) is 18.2 Å². The summed E-state index contributed by atoms with van der Waals surface area (Å²) in [5, 5.41) is 2.61. The van der Waals surface area contributed by atoms with Crippen LogP contribution in [0.15, 0.2) is 18.2 Å². The topological polar surface area (TPSA) is 141 Å². The van der Waals surface area contributed by atoms with Gasteiger partial charge in [0.1, 0.15) is 0 Å². The number of hydrogen-bond donors (Lipinski definition) is 4. The zero-order valence-electron chi connectivity index (χ0n) is 9.85. The van der Waals surface area contributed by atoms with Gasteiger partial charge in [-0.25, -0.2) is 0 Å². The molecule has 0 aliphatic rings. The number of halogens is 1. The number of nitrogens with one attached hydrogen (secondary N) is 1. The molecule has 1 rings (SSSR count). The van der Waals surface area contributed by atoms with E-state index >= 15 is 0 Å².